The molecule has 0 aliphatic heterocycles. The molecule has 2 aliphatic rings. The minimum atomic E-state index is 0.242. The van der Waals surface area contributed by atoms with Crippen LogP contribution < -0.4 is 5.73 Å². The summed E-state index contributed by atoms with van der Waals surface area (Å²) >= 11 is 0. The first-order valence-electron chi connectivity index (χ1n) is 6.83. The molecule has 4 atom stereocenters. The molecule has 6 nitrogen and oxygen atoms in total. The largest absolute Gasteiger partial charge is 0.396 e. The molecule has 0 unspecified atom stereocenters. The number of fused-ring (bicyclic) bond motifs is 3. The van der Waals surface area contributed by atoms with Crippen molar-refractivity contribution in [2.75, 3.05) is 12.3 Å². The van der Waals surface area contributed by atoms with Crippen molar-refractivity contribution in [1.82, 2.24) is 19.5 Å². The number of anilines is 1. The van der Waals surface area contributed by atoms with Crippen LogP contribution in [-0.2, 0) is 0 Å². The Labute approximate surface area is 110 Å². The fourth-order valence-corrected chi connectivity index (χ4v) is 4.16. The predicted molar refractivity (Wildman–Crippen MR) is 70.2 cm³/mol. The zero-order valence-electron chi connectivity index (χ0n) is 10.6. The Bertz CT molecular complexity index is 625. The van der Waals surface area contributed by atoms with E-state index in [0.29, 0.717) is 35.1 Å². The number of hydrogen-bond acceptors (Lipinski definition) is 5. The standard InChI is InChI=1S/C13H17N5O/c14-12-10-13(16-5-15-12)18(6-17-10)11-8-2-1-7(3-8)9(11)4-19/h5-9,11,19H,1-4H2,(H2,14,15,16)/t7-,8+,9+,11+/m1/s1. The average Bonchev–Trinajstić information content (AvgIpc) is 3.11. The molecule has 2 aliphatic carbocycles. The first-order valence-corrected chi connectivity index (χ1v) is 6.83. The van der Waals surface area contributed by atoms with Crippen molar-refractivity contribution in [1.29, 1.82) is 0 Å². The molecular formula is C13H17N5O. The van der Waals surface area contributed by atoms with Crippen LogP contribution in [0.15, 0.2) is 12.7 Å². The monoisotopic (exact) mass is 259 g/mol. The molecule has 2 fully saturated rings. The predicted octanol–water partition coefficient (Wildman–Crippen LogP) is 0.988. The van der Waals surface area contributed by atoms with Gasteiger partial charge in [-0.2, -0.15) is 0 Å². The van der Waals surface area contributed by atoms with Crippen LogP contribution in [0.4, 0.5) is 5.82 Å². The zero-order valence-corrected chi connectivity index (χ0v) is 10.6. The van der Waals surface area contributed by atoms with Gasteiger partial charge in [0.25, 0.3) is 0 Å². The van der Waals surface area contributed by atoms with Gasteiger partial charge in [-0.1, -0.05) is 0 Å². The highest BCUT2D eigenvalue weighted by Crippen LogP contribution is 2.54. The molecule has 6 heteroatoms. The summed E-state index contributed by atoms with van der Waals surface area (Å²) in [6.07, 6.45) is 7.00. The van der Waals surface area contributed by atoms with E-state index in [4.69, 9.17) is 5.73 Å². The van der Waals surface area contributed by atoms with Crippen molar-refractivity contribution in [3.05, 3.63) is 12.7 Å². The molecule has 2 aromatic rings. The van der Waals surface area contributed by atoms with E-state index in [-0.39, 0.29) is 6.61 Å². The second kappa shape index (κ2) is 3.90. The van der Waals surface area contributed by atoms with Crippen molar-refractivity contribution in [3.63, 3.8) is 0 Å². The van der Waals surface area contributed by atoms with E-state index in [1.54, 1.807) is 0 Å². The van der Waals surface area contributed by atoms with Gasteiger partial charge in [0, 0.05) is 18.6 Å². The van der Waals surface area contributed by atoms with E-state index >= 15 is 0 Å². The van der Waals surface area contributed by atoms with E-state index in [1.165, 1.54) is 25.6 Å². The van der Waals surface area contributed by atoms with E-state index < -0.39 is 0 Å². The van der Waals surface area contributed by atoms with Crippen LogP contribution in [0.3, 0.4) is 0 Å². The number of imidazole rings is 1. The number of nitrogens with zero attached hydrogens (tertiary/aromatic N) is 4. The Morgan fingerprint density at radius 2 is 2.11 bits per heavy atom. The number of nitrogens with two attached hydrogens (primary N) is 1. The number of rotatable bonds is 2. The number of aromatic nitrogens is 4. The van der Waals surface area contributed by atoms with Crippen LogP contribution in [0.5, 0.6) is 0 Å². The highest BCUT2D eigenvalue weighted by atomic mass is 16.3. The van der Waals surface area contributed by atoms with Gasteiger partial charge in [0.1, 0.15) is 11.8 Å². The quantitative estimate of drug-likeness (QED) is 0.839. The van der Waals surface area contributed by atoms with Crippen LogP contribution in [-0.4, -0.2) is 31.2 Å². The average molecular weight is 259 g/mol. The van der Waals surface area contributed by atoms with Gasteiger partial charge < -0.3 is 15.4 Å². The van der Waals surface area contributed by atoms with Crippen LogP contribution >= 0.6 is 0 Å². The van der Waals surface area contributed by atoms with E-state index in [2.05, 4.69) is 19.5 Å². The summed E-state index contributed by atoms with van der Waals surface area (Å²) in [6, 6.07) is 0.308. The minimum absolute atomic E-state index is 0.242. The van der Waals surface area contributed by atoms with Gasteiger partial charge in [-0.3, -0.25) is 0 Å². The molecule has 100 valence electrons. The second-order valence-electron chi connectivity index (χ2n) is 5.75. The number of aliphatic hydroxyl groups is 1. The normalized spacial score (nSPS) is 33.3. The lowest BCUT2D eigenvalue weighted by atomic mass is 9.85. The molecule has 2 bridgehead atoms. The van der Waals surface area contributed by atoms with Crippen LogP contribution in [0.1, 0.15) is 25.3 Å². The third-order valence-electron chi connectivity index (χ3n) is 4.96. The lowest BCUT2D eigenvalue weighted by Gasteiger charge is -2.30. The highest BCUT2D eigenvalue weighted by Gasteiger charge is 2.48. The van der Waals surface area contributed by atoms with Crippen LogP contribution in [0.25, 0.3) is 11.2 Å². The SMILES string of the molecule is Nc1ncnc2c1ncn2[C@H]1[C@H]2CC[C@H](C2)[C@@H]1CO. The summed E-state index contributed by atoms with van der Waals surface area (Å²) in [7, 11) is 0. The Morgan fingerprint density at radius 1 is 1.26 bits per heavy atom. The summed E-state index contributed by atoms with van der Waals surface area (Å²) in [5.74, 6) is 2.03. The molecule has 0 amide bonds. The summed E-state index contributed by atoms with van der Waals surface area (Å²) in [4.78, 5) is 12.6. The zero-order chi connectivity index (χ0) is 13.0. The molecule has 0 saturated heterocycles. The molecule has 0 aromatic carbocycles. The van der Waals surface area contributed by atoms with Crippen molar-refractivity contribution in [2.45, 2.75) is 25.3 Å². The third kappa shape index (κ3) is 1.43. The maximum absolute atomic E-state index is 9.69. The van der Waals surface area contributed by atoms with Crippen LogP contribution in [0.2, 0.25) is 0 Å². The summed E-state index contributed by atoms with van der Waals surface area (Å²) < 4.78 is 2.11. The van der Waals surface area contributed by atoms with Gasteiger partial charge in [-0.15, -0.1) is 0 Å². The maximum atomic E-state index is 9.69. The minimum Gasteiger partial charge on any atom is -0.396 e. The molecule has 0 spiro atoms. The highest BCUT2D eigenvalue weighted by molar-refractivity contribution is 5.81. The number of aliphatic hydroxyl groups excluding tert-OH is 1. The maximum Gasteiger partial charge on any atom is 0.165 e. The van der Waals surface area contributed by atoms with Gasteiger partial charge >= 0.3 is 0 Å². The Morgan fingerprint density at radius 3 is 2.95 bits per heavy atom. The van der Waals surface area contributed by atoms with Gasteiger partial charge in [0.05, 0.1) is 6.33 Å². The van der Waals surface area contributed by atoms with Gasteiger partial charge in [0.15, 0.2) is 11.5 Å². The van der Waals surface area contributed by atoms with Gasteiger partial charge in [-0.25, -0.2) is 15.0 Å². The lowest BCUT2D eigenvalue weighted by Crippen LogP contribution is -2.28. The second-order valence-corrected chi connectivity index (χ2v) is 5.75. The molecule has 2 aromatic heterocycles. The van der Waals surface area contributed by atoms with Gasteiger partial charge in [-0.05, 0) is 31.1 Å². The van der Waals surface area contributed by atoms with Crippen LogP contribution in [0, 0.1) is 17.8 Å². The fourth-order valence-electron chi connectivity index (χ4n) is 4.16. The van der Waals surface area contributed by atoms with Crippen molar-refractivity contribution < 1.29 is 5.11 Å². The topological polar surface area (TPSA) is 89.9 Å². The molecule has 4 rings (SSSR count). The van der Waals surface area contributed by atoms with E-state index in [1.807, 2.05) is 6.33 Å². The summed E-state index contributed by atoms with van der Waals surface area (Å²) in [5, 5.41) is 9.69. The number of nitrogen functional groups attached to an aromatic ring is 1. The van der Waals surface area contributed by atoms with E-state index in [9.17, 15) is 5.11 Å². The Balaban J connectivity index is 1.84. The lowest BCUT2D eigenvalue weighted by molar-refractivity contribution is 0.130. The Kier molecular flexibility index (Phi) is 2.29. The number of hydrogen-bond donors (Lipinski definition) is 2. The van der Waals surface area contributed by atoms with Crippen molar-refractivity contribution >= 4 is 17.0 Å². The Hall–Kier alpha value is -1.69. The molecular weight excluding hydrogens is 242 g/mol. The molecule has 2 saturated carbocycles. The third-order valence-corrected chi connectivity index (χ3v) is 4.96. The fraction of sp³-hybridized carbons (Fsp3) is 0.615. The summed E-state index contributed by atoms with van der Waals surface area (Å²) in [6.45, 7) is 0.242. The van der Waals surface area contributed by atoms with Crippen molar-refractivity contribution in [3.8, 4) is 0 Å². The molecule has 3 N–H and O–H groups in total. The van der Waals surface area contributed by atoms with E-state index in [0.717, 1.165) is 5.65 Å². The van der Waals surface area contributed by atoms with Crippen molar-refractivity contribution in [2.24, 2.45) is 17.8 Å². The first kappa shape index (κ1) is 11.2. The molecule has 0 radical (unpaired) electrons. The first-order chi connectivity index (χ1) is 9.29. The summed E-state index contributed by atoms with van der Waals surface area (Å²) in [5.41, 5.74) is 7.30. The molecule has 19 heavy (non-hydrogen) atoms. The molecule has 2 heterocycles. The van der Waals surface area contributed by atoms with Gasteiger partial charge in [0.2, 0.25) is 0 Å². The smallest absolute Gasteiger partial charge is 0.165 e.